The van der Waals surface area contributed by atoms with Gasteiger partial charge in [0.15, 0.2) is 5.82 Å². The molecule has 2 fully saturated rings. The Balaban J connectivity index is 1.36. The zero-order valence-corrected chi connectivity index (χ0v) is 17.3. The van der Waals surface area contributed by atoms with E-state index in [1.165, 1.54) is 42.5 Å². The van der Waals surface area contributed by atoms with Gasteiger partial charge in [0.05, 0.1) is 5.39 Å². The molecule has 1 aromatic carbocycles. The number of benzene rings is 1. The zero-order valence-electron chi connectivity index (χ0n) is 17.3. The number of ether oxygens (including phenoxy) is 1. The summed E-state index contributed by atoms with van der Waals surface area (Å²) in [5.74, 6) is 3.13. The zero-order chi connectivity index (χ0) is 19.9. The van der Waals surface area contributed by atoms with Crippen molar-refractivity contribution in [1.29, 1.82) is 0 Å². The highest BCUT2D eigenvalue weighted by Gasteiger charge is 2.34. The molecule has 0 radical (unpaired) electrons. The smallest absolute Gasteiger partial charge is 0.164 e. The van der Waals surface area contributed by atoms with Gasteiger partial charge in [-0.1, -0.05) is 24.3 Å². The molecule has 1 unspecified atom stereocenters. The van der Waals surface area contributed by atoms with Crippen molar-refractivity contribution in [2.45, 2.75) is 50.4 Å². The predicted molar refractivity (Wildman–Crippen MR) is 119 cm³/mol. The third-order valence-corrected chi connectivity index (χ3v) is 7.29. The van der Waals surface area contributed by atoms with Gasteiger partial charge in [0.2, 0.25) is 0 Å². The Hall–Kier alpha value is -2.53. The lowest BCUT2D eigenvalue weighted by Crippen LogP contribution is -2.32. The molecule has 3 aliphatic rings. The molecule has 1 aliphatic heterocycles. The van der Waals surface area contributed by atoms with Crippen LogP contribution in [0.1, 0.15) is 60.8 Å². The van der Waals surface area contributed by atoms with Gasteiger partial charge in [-0.05, 0) is 73.5 Å². The predicted octanol–water partition coefficient (Wildman–Crippen LogP) is 5.31. The lowest BCUT2D eigenvalue weighted by Gasteiger charge is -2.38. The molecule has 30 heavy (non-hydrogen) atoms. The Morgan fingerprint density at radius 3 is 2.77 bits per heavy atom. The molecule has 5 nitrogen and oxygen atoms in total. The average molecular weight is 401 g/mol. The van der Waals surface area contributed by atoms with Crippen LogP contribution in [0.2, 0.25) is 0 Å². The minimum absolute atomic E-state index is 0.338. The van der Waals surface area contributed by atoms with Crippen molar-refractivity contribution in [3.05, 3.63) is 53.5 Å². The van der Waals surface area contributed by atoms with Crippen LogP contribution in [-0.4, -0.2) is 34.4 Å². The third-order valence-electron chi connectivity index (χ3n) is 7.29. The van der Waals surface area contributed by atoms with Crippen LogP contribution in [0, 0.1) is 11.8 Å². The van der Waals surface area contributed by atoms with E-state index < -0.39 is 0 Å². The van der Waals surface area contributed by atoms with E-state index in [2.05, 4.69) is 51.5 Å². The van der Waals surface area contributed by atoms with Gasteiger partial charge < -0.3 is 9.72 Å². The Kier molecular flexibility index (Phi) is 4.64. The minimum atomic E-state index is 0.338. The van der Waals surface area contributed by atoms with Crippen molar-refractivity contribution >= 4 is 23.1 Å². The lowest BCUT2D eigenvalue weighted by atomic mass is 9.68. The maximum Gasteiger partial charge on any atom is 0.164 e. The number of nitrogens with one attached hydrogen (secondary N) is 1. The van der Waals surface area contributed by atoms with E-state index in [0.717, 1.165) is 42.9 Å². The van der Waals surface area contributed by atoms with Crippen molar-refractivity contribution < 1.29 is 4.74 Å². The third kappa shape index (κ3) is 3.35. The van der Waals surface area contributed by atoms with E-state index in [4.69, 9.17) is 9.73 Å². The van der Waals surface area contributed by atoms with E-state index >= 15 is 0 Å². The fourth-order valence-corrected chi connectivity index (χ4v) is 5.50. The van der Waals surface area contributed by atoms with Crippen LogP contribution in [0.5, 0.6) is 0 Å². The summed E-state index contributed by atoms with van der Waals surface area (Å²) in [5, 5.41) is 1.04. The SMILES string of the molecule is C(=Nc1ncnc2[nH]c(C3CC3)cc12)C1c2ccccc2CC[C@@H]1C1CCOCC1. The van der Waals surface area contributed by atoms with Crippen LogP contribution in [0.3, 0.4) is 0 Å². The number of hydrogen-bond donors (Lipinski definition) is 1. The first-order chi connectivity index (χ1) is 14.9. The summed E-state index contributed by atoms with van der Waals surface area (Å²) in [6.07, 6.45) is 11.1. The second kappa shape index (κ2) is 7.62. The van der Waals surface area contributed by atoms with Crippen LogP contribution < -0.4 is 0 Å². The standard InChI is InChI=1S/C25H28N4O/c1-2-4-19-16(3-1)7-8-20(17-9-11-30-12-10-17)22(19)14-26-24-21-13-23(18-5-6-18)29-25(21)28-15-27-24/h1-4,13-15,17-18,20,22H,5-12H2,(H,27,28,29)/t20-,22?/m1/s1. The van der Waals surface area contributed by atoms with E-state index in [-0.39, 0.29) is 0 Å². The van der Waals surface area contributed by atoms with Crippen LogP contribution in [0.4, 0.5) is 5.82 Å². The monoisotopic (exact) mass is 400 g/mol. The Labute approximate surface area is 177 Å². The summed E-state index contributed by atoms with van der Waals surface area (Å²) < 4.78 is 5.65. The molecule has 0 bridgehead atoms. The van der Waals surface area contributed by atoms with Crippen molar-refractivity contribution in [2.24, 2.45) is 16.8 Å². The molecule has 3 heterocycles. The average Bonchev–Trinajstić information content (AvgIpc) is 3.56. The summed E-state index contributed by atoms with van der Waals surface area (Å²) in [4.78, 5) is 17.4. The molecule has 1 N–H and O–H groups in total. The second-order valence-electron chi connectivity index (χ2n) is 9.11. The number of aromatic nitrogens is 3. The summed E-state index contributed by atoms with van der Waals surface area (Å²) in [6, 6.07) is 11.1. The summed E-state index contributed by atoms with van der Waals surface area (Å²) in [5.41, 5.74) is 5.11. The van der Waals surface area contributed by atoms with Gasteiger partial charge >= 0.3 is 0 Å². The number of aryl methyl sites for hydroxylation is 1. The summed E-state index contributed by atoms with van der Waals surface area (Å²) >= 11 is 0. The summed E-state index contributed by atoms with van der Waals surface area (Å²) in [7, 11) is 0. The largest absolute Gasteiger partial charge is 0.381 e. The molecule has 0 spiro atoms. The van der Waals surface area contributed by atoms with Gasteiger partial charge in [-0.2, -0.15) is 0 Å². The molecular formula is C25H28N4O. The number of H-pyrrole nitrogens is 1. The number of aromatic amines is 1. The Morgan fingerprint density at radius 1 is 1.03 bits per heavy atom. The van der Waals surface area contributed by atoms with Crippen LogP contribution in [0.15, 0.2) is 41.7 Å². The fourth-order valence-electron chi connectivity index (χ4n) is 5.50. The van der Waals surface area contributed by atoms with E-state index in [9.17, 15) is 0 Å². The molecule has 1 saturated carbocycles. The number of aliphatic imine (C=N–C) groups is 1. The van der Waals surface area contributed by atoms with Gasteiger partial charge in [0.25, 0.3) is 0 Å². The first-order valence-electron chi connectivity index (χ1n) is 11.4. The maximum absolute atomic E-state index is 5.65. The highest BCUT2D eigenvalue weighted by atomic mass is 16.5. The molecule has 2 aliphatic carbocycles. The minimum Gasteiger partial charge on any atom is -0.381 e. The van der Waals surface area contributed by atoms with Crippen LogP contribution in [0.25, 0.3) is 11.0 Å². The van der Waals surface area contributed by atoms with Crippen molar-refractivity contribution in [1.82, 2.24) is 15.0 Å². The van der Waals surface area contributed by atoms with Crippen molar-refractivity contribution in [2.75, 3.05) is 13.2 Å². The molecule has 1 saturated heterocycles. The maximum atomic E-state index is 5.65. The molecular weight excluding hydrogens is 372 g/mol. The number of fused-ring (bicyclic) bond motifs is 2. The van der Waals surface area contributed by atoms with E-state index in [1.54, 1.807) is 6.33 Å². The molecule has 2 atom stereocenters. The van der Waals surface area contributed by atoms with Gasteiger partial charge in [-0.3, -0.25) is 0 Å². The number of hydrogen-bond acceptors (Lipinski definition) is 4. The van der Waals surface area contributed by atoms with Gasteiger partial charge in [-0.25, -0.2) is 15.0 Å². The second-order valence-corrected chi connectivity index (χ2v) is 9.11. The van der Waals surface area contributed by atoms with Gasteiger partial charge in [0.1, 0.15) is 12.0 Å². The summed E-state index contributed by atoms with van der Waals surface area (Å²) in [6.45, 7) is 1.79. The molecule has 154 valence electrons. The highest BCUT2D eigenvalue weighted by Crippen LogP contribution is 2.43. The topological polar surface area (TPSA) is 63.2 Å². The molecule has 6 rings (SSSR count). The quantitative estimate of drug-likeness (QED) is 0.604. The Morgan fingerprint density at radius 2 is 1.90 bits per heavy atom. The van der Waals surface area contributed by atoms with Gasteiger partial charge in [-0.15, -0.1) is 0 Å². The lowest BCUT2D eigenvalue weighted by molar-refractivity contribution is 0.0423. The normalized spacial score (nSPS) is 25.1. The van der Waals surface area contributed by atoms with Gasteiger partial charge in [0, 0.05) is 31.0 Å². The molecule has 2 aromatic heterocycles. The number of nitrogens with zero attached hydrogens (tertiary/aromatic N) is 3. The molecule has 3 aromatic rings. The first-order valence-corrected chi connectivity index (χ1v) is 11.4. The van der Waals surface area contributed by atoms with Crippen LogP contribution in [-0.2, 0) is 11.2 Å². The number of rotatable bonds is 4. The highest BCUT2D eigenvalue weighted by molar-refractivity contribution is 5.88. The molecule has 0 amide bonds. The van der Waals surface area contributed by atoms with E-state index in [1.807, 2.05) is 0 Å². The van der Waals surface area contributed by atoms with Crippen LogP contribution >= 0.6 is 0 Å². The van der Waals surface area contributed by atoms with Crippen molar-refractivity contribution in [3.63, 3.8) is 0 Å². The fraction of sp³-hybridized carbons (Fsp3) is 0.480. The Bertz CT molecular complexity index is 1080. The van der Waals surface area contributed by atoms with E-state index in [0.29, 0.717) is 23.7 Å². The molecule has 5 heteroatoms. The first kappa shape index (κ1) is 18.3. The van der Waals surface area contributed by atoms with Crippen molar-refractivity contribution in [3.8, 4) is 0 Å².